The third kappa shape index (κ3) is 3.41. The van der Waals surface area contributed by atoms with Gasteiger partial charge in [-0.25, -0.2) is 0 Å². The largest absolute Gasteiger partial charge is 0.506 e. The highest BCUT2D eigenvalue weighted by molar-refractivity contribution is 9.10. The van der Waals surface area contributed by atoms with Crippen LogP contribution in [-0.4, -0.2) is 17.3 Å². The highest BCUT2D eigenvalue weighted by atomic mass is 79.9. The van der Waals surface area contributed by atoms with Gasteiger partial charge in [-0.1, -0.05) is 11.6 Å². The van der Waals surface area contributed by atoms with Crippen molar-refractivity contribution in [2.24, 2.45) is 21.7 Å². The highest BCUT2D eigenvalue weighted by Gasteiger charge is 2.05. The standard InChI is InChI=1S/C8H8BrClN4O/c9-6-2-5(10)1-4(7(6)15)3-13-14-8(11)12/h1-3,15H,(H4,11,12,14). The molecule has 0 fully saturated rings. The molecule has 0 unspecified atom stereocenters. The molecule has 5 nitrogen and oxygen atoms in total. The van der Waals surface area contributed by atoms with E-state index in [1.54, 1.807) is 6.07 Å². The van der Waals surface area contributed by atoms with Crippen molar-refractivity contribution >= 4 is 39.7 Å². The van der Waals surface area contributed by atoms with Crippen LogP contribution in [-0.2, 0) is 0 Å². The first kappa shape index (κ1) is 11.8. The van der Waals surface area contributed by atoms with Crippen LogP contribution in [0, 0.1) is 0 Å². The first-order chi connectivity index (χ1) is 7.00. The Kier molecular flexibility index (Phi) is 3.93. The van der Waals surface area contributed by atoms with Crippen LogP contribution in [0.5, 0.6) is 5.75 Å². The van der Waals surface area contributed by atoms with E-state index in [4.69, 9.17) is 23.1 Å². The molecule has 0 saturated heterocycles. The Morgan fingerprint density at radius 2 is 2.13 bits per heavy atom. The molecule has 5 N–H and O–H groups in total. The van der Waals surface area contributed by atoms with E-state index in [2.05, 4.69) is 26.1 Å². The molecule has 1 aromatic rings. The van der Waals surface area contributed by atoms with Gasteiger partial charge in [-0.05, 0) is 28.1 Å². The number of phenolic OH excluding ortho intramolecular Hbond substituents is 1. The molecule has 80 valence electrons. The van der Waals surface area contributed by atoms with Gasteiger partial charge in [-0.15, -0.1) is 5.10 Å². The zero-order valence-corrected chi connectivity index (χ0v) is 9.83. The topological polar surface area (TPSA) is 97.0 Å². The van der Waals surface area contributed by atoms with Crippen molar-refractivity contribution in [3.8, 4) is 5.75 Å². The Labute approximate surface area is 99.6 Å². The summed E-state index contributed by atoms with van der Waals surface area (Å²) in [6, 6.07) is 3.10. The van der Waals surface area contributed by atoms with E-state index < -0.39 is 0 Å². The fourth-order valence-corrected chi connectivity index (χ4v) is 1.68. The van der Waals surface area contributed by atoms with Crippen molar-refractivity contribution in [1.29, 1.82) is 0 Å². The number of aromatic hydroxyl groups is 1. The maximum absolute atomic E-state index is 9.58. The van der Waals surface area contributed by atoms with Gasteiger partial charge in [0.1, 0.15) is 5.75 Å². The maximum atomic E-state index is 9.58. The first-order valence-corrected chi connectivity index (χ1v) is 4.98. The lowest BCUT2D eigenvalue weighted by molar-refractivity contribution is 0.471. The maximum Gasteiger partial charge on any atom is 0.211 e. The van der Waals surface area contributed by atoms with E-state index in [1.165, 1.54) is 12.3 Å². The van der Waals surface area contributed by atoms with Crippen molar-refractivity contribution in [3.05, 3.63) is 27.2 Å². The van der Waals surface area contributed by atoms with Crippen LogP contribution in [0.4, 0.5) is 0 Å². The number of nitrogens with two attached hydrogens (primary N) is 2. The van der Waals surface area contributed by atoms with Crippen LogP contribution >= 0.6 is 27.5 Å². The van der Waals surface area contributed by atoms with E-state index in [1.807, 2.05) is 0 Å². The summed E-state index contributed by atoms with van der Waals surface area (Å²) in [6.45, 7) is 0. The molecule has 0 atom stereocenters. The number of nitrogens with zero attached hydrogens (tertiary/aromatic N) is 2. The number of hydrogen-bond donors (Lipinski definition) is 3. The van der Waals surface area contributed by atoms with Gasteiger partial charge >= 0.3 is 0 Å². The van der Waals surface area contributed by atoms with Crippen LogP contribution in [0.15, 0.2) is 26.8 Å². The molecule has 0 bridgehead atoms. The van der Waals surface area contributed by atoms with Crippen molar-refractivity contribution in [2.45, 2.75) is 0 Å². The van der Waals surface area contributed by atoms with E-state index in [0.29, 0.717) is 15.1 Å². The minimum absolute atomic E-state index is 0.0222. The van der Waals surface area contributed by atoms with E-state index in [-0.39, 0.29) is 11.7 Å². The number of hydrogen-bond acceptors (Lipinski definition) is 3. The Balaban J connectivity index is 3.05. The van der Waals surface area contributed by atoms with Crippen LogP contribution in [0.1, 0.15) is 5.56 Å². The summed E-state index contributed by atoms with van der Waals surface area (Å²) in [4.78, 5) is 0. The predicted molar refractivity (Wildman–Crippen MR) is 64.2 cm³/mol. The SMILES string of the molecule is NC(N)=NN=Cc1cc(Cl)cc(Br)c1O. The molecule has 0 heterocycles. The smallest absolute Gasteiger partial charge is 0.211 e. The summed E-state index contributed by atoms with van der Waals surface area (Å²) in [6.07, 6.45) is 1.30. The molecule has 0 amide bonds. The van der Waals surface area contributed by atoms with E-state index in [0.717, 1.165) is 0 Å². The Morgan fingerprint density at radius 1 is 1.47 bits per heavy atom. The molecule has 15 heavy (non-hydrogen) atoms. The molecule has 0 saturated carbocycles. The van der Waals surface area contributed by atoms with Gasteiger partial charge in [0.05, 0.1) is 10.7 Å². The quantitative estimate of drug-likeness (QED) is 0.436. The van der Waals surface area contributed by atoms with Crippen molar-refractivity contribution in [3.63, 3.8) is 0 Å². The lowest BCUT2D eigenvalue weighted by Gasteiger charge is -2.01. The molecule has 0 spiro atoms. The summed E-state index contributed by atoms with van der Waals surface area (Å²) in [5.41, 5.74) is 10.6. The first-order valence-electron chi connectivity index (χ1n) is 3.80. The number of phenols is 1. The normalized spacial score (nSPS) is 10.5. The Hall–Kier alpha value is -1.27. The minimum Gasteiger partial charge on any atom is -0.506 e. The van der Waals surface area contributed by atoms with Gasteiger partial charge in [-0.2, -0.15) is 5.10 Å². The summed E-state index contributed by atoms with van der Waals surface area (Å²) in [7, 11) is 0. The lowest BCUT2D eigenvalue weighted by Crippen LogP contribution is -2.21. The number of rotatable bonds is 2. The van der Waals surface area contributed by atoms with Gasteiger partial charge in [0, 0.05) is 10.6 Å². The summed E-state index contributed by atoms with van der Waals surface area (Å²) in [5, 5.41) is 17.0. The summed E-state index contributed by atoms with van der Waals surface area (Å²) < 4.78 is 0.473. The van der Waals surface area contributed by atoms with Crippen LogP contribution in [0.2, 0.25) is 5.02 Å². The second kappa shape index (κ2) is 4.99. The van der Waals surface area contributed by atoms with Gasteiger partial charge in [0.15, 0.2) is 0 Å². The fraction of sp³-hybridized carbons (Fsp3) is 0. The average molecular weight is 292 g/mol. The van der Waals surface area contributed by atoms with Gasteiger partial charge in [0.25, 0.3) is 0 Å². The van der Waals surface area contributed by atoms with Gasteiger partial charge < -0.3 is 16.6 Å². The molecule has 0 aliphatic heterocycles. The van der Waals surface area contributed by atoms with Crippen molar-refractivity contribution in [1.82, 2.24) is 0 Å². The third-order valence-electron chi connectivity index (χ3n) is 1.43. The highest BCUT2D eigenvalue weighted by Crippen LogP contribution is 2.30. The predicted octanol–water partition coefficient (Wildman–Crippen LogP) is 1.42. The summed E-state index contributed by atoms with van der Waals surface area (Å²) >= 11 is 8.91. The monoisotopic (exact) mass is 290 g/mol. The molecule has 0 radical (unpaired) electrons. The van der Waals surface area contributed by atoms with Crippen LogP contribution in [0.3, 0.4) is 0 Å². The Bertz CT molecular complexity index is 429. The third-order valence-corrected chi connectivity index (χ3v) is 2.25. The fourth-order valence-electron chi connectivity index (χ4n) is 0.842. The molecular formula is C8H8BrClN4O. The van der Waals surface area contributed by atoms with E-state index >= 15 is 0 Å². The van der Waals surface area contributed by atoms with Gasteiger partial charge in [0.2, 0.25) is 5.96 Å². The molecule has 1 aromatic carbocycles. The van der Waals surface area contributed by atoms with E-state index in [9.17, 15) is 5.11 Å². The number of halogens is 2. The van der Waals surface area contributed by atoms with Gasteiger partial charge in [-0.3, -0.25) is 0 Å². The number of guanidine groups is 1. The second-order valence-electron chi connectivity index (χ2n) is 2.59. The Morgan fingerprint density at radius 3 is 2.73 bits per heavy atom. The molecule has 1 rings (SSSR count). The van der Waals surface area contributed by atoms with Crippen molar-refractivity contribution < 1.29 is 5.11 Å². The molecular weight excluding hydrogens is 283 g/mol. The molecule has 0 aliphatic rings. The average Bonchev–Trinajstić information content (AvgIpc) is 2.12. The lowest BCUT2D eigenvalue weighted by atomic mass is 10.2. The zero-order chi connectivity index (χ0) is 11.4. The number of benzene rings is 1. The zero-order valence-electron chi connectivity index (χ0n) is 7.48. The summed E-state index contributed by atoms with van der Waals surface area (Å²) in [5.74, 6) is -0.138. The molecule has 7 heteroatoms. The minimum atomic E-state index is -0.160. The molecule has 0 aliphatic carbocycles. The molecule has 0 aromatic heterocycles. The second-order valence-corrected chi connectivity index (χ2v) is 3.89. The van der Waals surface area contributed by atoms with Crippen LogP contribution < -0.4 is 11.5 Å². The van der Waals surface area contributed by atoms with Crippen LogP contribution in [0.25, 0.3) is 0 Å². The van der Waals surface area contributed by atoms with Crippen molar-refractivity contribution in [2.75, 3.05) is 0 Å².